The summed E-state index contributed by atoms with van der Waals surface area (Å²) >= 11 is -2.77. The molecule has 0 bridgehead atoms. The molecule has 0 saturated carbocycles. The van der Waals surface area contributed by atoms with E-state index in [4.69, 9.17) is 5.73 Å². The summed E-state index contributed by atoms with van der Waals surface area (Å²) < 4.78 is 66.9. The van der Waals surface area contributed by atoms with E-state index in [2.05, 4.69) is 4.90 Å². The van der Waals surface area contributed by atoms with E-state index in [1.165, 1.54) is 4.90 Å². The number of anilines is 1. The molecule has 11 heteroatoms. The highest BCUT2D eigenvalue weighted by molar-refractivity contribution is 7.76. The summed E-state index contributed by atoms with van der Waals surface area (Å²) in [4.78, 5) is 16.8. The molecular formula is C23H28F3N4O3S-. The summed E-state index contributed by atoms with van der Waals surface area (Å²) in [5, 5.41) is 0. The van der Waals surface area contributed by atoms with Gasteiger partial charge in [0.2, 0.25) is 5.91 Å². The van der Waals surface area contributed by atoms with Crippen LogP contribution >= 0.6 is 0 Å². The van der Waals surface area contributed by atoms with Crippen LogP contribution in [0.4, 0.5) is 18.9 Å². The van der Waals surface area contributed by atoms with Crippen LogP contribution in [0.1, 0.15) is 35.6 Å². The Bertz CT molecular complexity index is 1020. The molecule has 2 aromatic rings. The van der Waals surface area contributed by atoms with Crippen molar-refractivity contribution in [3.05, 3.63) is 64.5 Å². The molecule has 1 fully saturated rings. The Morgan fingerprint density at radius 3 is 2.26 bits per heavy atom. The molecule has 7 nitrogen and oxygen atoms in total. The van der Waals surface area contributed by atoms with Crippen LogP contribution in [0.25, 0.3) is 0 Å². The Morgan fingerprint density at radius 2 is 1.68 bits per heavy atom. The molecule has 1 amide bonds. The van der Waals surface area contributed by atoms with E-state index >= 15 is 0 Å². The Morgan fingerprint density at radius 1 is 1.09 bits per heavy atom. The van der Waals surface area contributed by atoms with Crippen LogP contribution in [0.5, 0.6) is 0 Å². The van der Waals surface area contributed by atoms with Crippen molar-refractivity contribution in [3.8, 4) is 0 Å². The fourth-order valence-electron chi connectivity index (χ4n) is 4.15. The fraction of sp³-hybridized carbons (Fsp3) is 0.435. The number of benzene rings is 2. The lowest BCUT2D eigenvalue weighted by atomic mass is 10.0. The van der Waals surface area contributed by atoms with Crippen LogP contribution in [0, 0.1) is 17.5 Å². The molecule has 0 aliphatic carbocycles. The van der Waals surface area contributed by atoms with Crippen LogP contribution in [0.3, 0.4) is 0 Å². The van der Waals surface area contributed by atoms with Gasteiger partial charge < -0.3 is 20.1 Å². The third-order valence-electron chi connectivity index (χ3n) is 6.19. The molecule has 1 aliphatic heterocycles. The number of hydrogen-bond donors (Lipinski definition) is 1. The maximum Gasteiger partial charge on any atom is 0.227 e. The first-order valence-corrected chi connectivity index (χ1v) is 11.9. The number of carbonyl (C=O) groups is 1. The molecule has 34 heavy (non-hydrogen) atoms. The van der Waals surface area contributed by atoms with Gasteiger partial charge in [-0.3, -0.25) is 9.00 Å². The maximum atomic E-state index is 14.9. The van der Waals surface area contributed by atoms with E-state index in [0.717, 1.165) is 38.5 Å². The molecule has 1 aliphatic rings. The summed E-state index contributed by atoms with van der Waals surface area (Å²) in [6.07, 6.45) is 1.50. The number of nitrogens with zero attached hydrogens (tertiary/aromatic N) is 3. The number of likely N-dealkylation sites (tertiary alicyclic amines) is 1. The average molecular weight is 498 g/mol. The van der Waals surface area contributed by atoms with Gasteiger partial charge in [0.15, 0.2) is 17.5 Å². The highest BCUT2D eigenvalue weighted by Gasteiger charge is 2.29. The zero-order chi connectivity index (χ0) is 25.0. The number of rotatable bonds is 9. The normalized spacial score (nSPS) is 16.1. The average Bonchev–Trinajstić information content (AvgIpc) is 3.35. The van der Waals surface area contributed by atoms with Crippen molar-refractivity contribution in [3.63, 3.8) is 0 Å². The summed E-state index contributed by atoms with van der Waals surface area (Å²) in [6.45, 7) is 1.65. The lowest BCUT2D eigenvalue weighted by Gasteiger charge is -2.32. The van der Waals surface area contributed by atoms with Crippen molar-refractivity contribution in [1.82, 2.24) is 14.1 Å². The maximum absolute atomic E-state index is 14.9. The van der Waals surface area contributed by atoms with Crippen LogP contribution in [0.15, 0.2) is 30.3 Å². The Hall–Kier alpha value is -2.47. The molecule has 2 atom stereocenters. The summed E-state index contributed by atoms with van der Waals surface area (Å²) in [5.41, 5.74) is 4.51. The van der Waals surface area contributed by atoms with Gasteiger partial charge in [-0.1, -0.05) is 30.3 Å². The van der Waals surface area contributed by atoms with Crippen molar-refractivity contribution in [1.29, 1.82) is 0 Å². The molecule has 2 N–H and O–H groups in total. The molecular weight excluding hydrogens is 469 g/mol. The molecule has 1 saturated heterocycles. The number of amides is 1. The molecule has 3 rings (SSSR count). The van der Waals surface area contributed by atoms with Gasteiger partial charge in [0.05, 0.1) is 18.2 Å². The van der Waals surface area contributed by atoms with E-state index in [0.29, 0.717) is 10.8 Å². The van der Waals surface area contributed by atoms with E-state index in [1.807, 2.05) is 30.3 Å². The summed E-state index contributed by atoms with van der Waals surface area (Å²) in [5.74, 6) is -4.86. The first-order valence-electron chi connectivity index (χ1n) is 10.9. The molecule has 0 radical (unpaired) electrons. The van der Waals surface area contributed by atoms with Gasteiger partial charge in [-0.05, 0) is 38.5 Å². The van der Waals surface area contributed by atoms with Crippen molar-refractivity contribution in [2.75, 3.05) is 39.5 Å². The van der Waals surface area contributed by atoms with Crippen molar-refractivity contribution < 1.29 is 26.7 Å². The largest absolute Gasteiger partial charge is 0.760 e. The topological polar surface area (TPSA) is 92.9 Å². The van der Waals surface area contributed by atoms with E-state index in [9.17, 15) is 26.7 Å². The monoisotopic (exact) mass is 497 g/mol. The van der Waals surface area contributed by atoms with E-state index in [-0.39, 0.29) is 6.04 Å². The molecule has 0 aromatic heterocycles. The Labute approximate surface area is 199 Å². The van der Waals surface area contributed by atoms with Gasteiger partial charge in [-0.2, -0.15) is 0 Å². The molecule has 0 spiro atoms. The first kappa shape index (κ1) is 26.1. The fourth-order valence-corrected chi connectivity index (χ4v) is 4.38. The quantitative estimate of drug-likeness (QED) is 0.327. The second kappa shape index (κ2) is 11.3. The van der Waals surface area contributed by atoms with Gasteiger partial charge in [0.25, 0.3) is 0 Å². The van der Waals surface area contributed by atoms with Crippen LogP contribution in [0.2, 0.25) is 0 Å². The van der Waals surface area contributed by atoms with Crippen LogP contribution in [-0.4, -0.2) is 62.5 Å². The smallest absolute Gasteiger partial charge is 0.227 e. The summed E-state index contributed by atoms with van der Waals surface area (Å²) in [6, 6.07) is 9.02. The van der Waals surface area contributed by atoms with Crippen molar-refractivity contribution >= 4 is 22.9 Å². The summed E-state index contributed by atoms with van der Waals surface area (Å²) in [7, 11) is 2.65. The lowest BCUT2D eigenvalue weighted by Crippen LogP contribution is -2.39. The van der Waals surface area contributed by atoms with Crippen molar-refractivity contribution in [2.45, 2.75) is 31.8 Å². The SMILES string of the molecule is CN(C(=O)Cc1c(N)c(F)c(CN(C)S(=O)[O-])c(F)c1F)[C@H](CN1CCCC1)c1ccccc1. The molecule has 1 heterocycles. The predicted octanol–water partition coefficient (Wildman–Crippen LogP) is 2.75. The van der Waals surface area contributed by atoms with E-state index < -0.39 is 64.4 Å². The minimum absolute atomic E-state index is 0.342. The highest BCUT2D eigenvalue weighted by Crippen LogP contribution is 2.30. The Balaban J connectivity index is 1.87. The molecule has 1 unspecified atom stereocenters. The zero-order valence-corrected chi connectivity index (χ0v) is 19.9. The Kier molecular flexibility index (Phi) is 8.69. The molecule has 186 valence electrons. The van der Waals surface area contributed by atoms with Crippen molar-refractivity contribution in [2.24, 2.45) is 0 Å². The number of carbonyl (C=O) groups excluding carboxylic acids is 1. The van der Waals surface area contributed by atoms with Gasteiger partial charge in [-0.25, -0.2) is 17.5 Å². The second-order valence-corrected chi connectivity index (χ2v) is 9.49. The minimum atomic E-state index is -2.77. The third kappa shape index (κ3) is 5.77. The second-order valence-electron chi connectivity index (χ2n) is 8.43. The minimum Gasteiger partial charge on any atom is -0.760 e. The number of halogens is 3. The highest BCUT2D eigenvalue weighted by atomic mass is 32.2. The van der Waals surface area contributed by atoms with Crippen LogP contribution < -0.4 is 5.73 Å². The van der Waals surface area contributed by atoms with Gasteiger partial charge >= 0.3 is 0 Å². The first-order chi connectivity index (χ1) is 16.1. The number of nitrogen functional groups attached to an aromatic ring is 1. The van der Waals surface area contributed by atoms with Gasteiger partial charge in [0.1, 0.15) is 0 Å². The number of hydrogen-bond acceptors (Lipinski definition) is 5. The van der Waals surface area contributed by atoms with Crippen LogP contribution in [-0.2, 0) is 29.0 Å². The standard InChI is InChI=1S/C23H29F3N4O3S/c1-28(34(32)33)13-17-21(25)20(24)16(23(27)22(17)26)12-19(31)29(2)18(14-30-10-6-7-11-30)15-8-4-3-5-9-15/h3-5,8-9,18H,6-7,10-14,27H2,1-2H3,(H,32,33)/p-1/t18-/m1/s1. The number of nitrogens with two attached hydrogens (primary N) is 1. The van der Waals surface area contributed by atoms with Gasteiger partial charge in [-0.15, -0.1) is 0 Å². The predicted molar refractivity (Wildman–Crippen MR) is 122 cm³/mol. The zero-order valence-electron chi connectivity index (χ0n) is 19.1. The number of likely N-dealkylation sites (N-methyl/N-ethyl adjacent to an activating group) is 1. The molecule has 2 aromatic carbocycles. The van der Waals surface area contributed by atoms with Gasteiger partial charge in [0, 0.05) is 42.5 Å². The third-order valence-corrected chi connectivity index (χ3v) is 6.83. The lowest BCUT2D eigenvalue weighted by molar-refractivity contribution is -0.131. The van der Waals surface area contributed by atoms with E-state index in [1.54, 1.807) is 7.05 Å².